The lowest BCUT2D eigenvalue weighted by molar-refractivity contribution is -0.384. The summed E-state index contributed by atoms with van der Waals surface area (Å²) < 4.78 is 0. The molecule has 5 nitrogen and oxygen atoms in total. The van der Waals surface area contributed by atoms with Gasteiger partial charge in [-0.1, -0.05) is 27.7 Å². The molecule has 1 N–H and O–H groups in total. The molecule has 0 aliphatic heterocycles. The molecule has 1 saturated carbocycles. The molecule has 0 unspecified atom stereocenters. The summed E-state index contributed by atoms with van der Waals surface area (Å²) in [5, 5.41) is 14.4. The molecule has 20 heavy (non-hydrogen) atoms. The summed E-state index contributed by atoms with van der Waals surface area (Å²) in [7, 11) is 0. The number of aromatic nitrogens is 1. The highest BCUT2D eigenvalue weighted by molar-refractivity contribution is 5.60. The third-order valence-corrected chi connectivity index (χ3v) is 3.91. The van der Waals surface area contributed by atoms with Crippen LogP contribution in [0.25, 0.3) is 0 Å². The molecule has 0 bridgehead atoms. The number of pyridine rings is 1. The van der Waals surface area contributed by atoms with Crippen molar-refractivity contribution >= 4 is 11.4 Å². The van der Waals surface area contributed by atoms with E-state index in [1.807, 2.05) is 0 Å². The molecule has 0 saturated heterocycles. The Bertz CT molecular complexity index is 496. The SMILES string of the molecule is CC1(C)CC(Nc2ccncc2[N+](=O)[O-])CC(C)(C)C1. The molecule has 0 spiro atoms. The van der Waals surface area contributed by atoms with Crippen molar-refractivity contribution in [2.45, 2.75) is 53.0 Å². The first kappa shape index (κ1) is 14.8. The summed E-state index contributed by atoms with van der Waals surface area (Å²) in [6.07, 6.45) is 6.12. The molecule has 0 atom stereocenters. The predicted molar refractivity (Wildman–Crippen MR) is 79.7 cm³/mol. The van der Waals surface area contributed by atoms with Gasteiger partial charge < -0.3 is 5.32 Å². The molecular formula is C15H23N3O2. The highest BCUT2D eigenvalue weighted by Crippen LogP contribution is 2.46. The Balaban J connectivity index is 2.20. The third-order valence-electron chi connectivity index (χ3n) is 3.91. The van der Waals surface area contributed by atoms with Gasteiger partial charge >= 0.3 is 5.69 Å². The summed E-state index contributed by atoms with van der Waals surface area (Å²) >= 11 is 0. The summed E-state index contributed by atoms with van der Waals surface area (Å²) in [5.74, 6) is 0. The second-order valence-corrected chi connectivity index (χ2v) is 7.40. The smallest absolute Gasteiger partial charge is 0.310 e. The van der Waals surface area contributed by atoms with Gasteiger partial charge in [0.25, 0.3) is 0 Å². The van der Waals surface area contributed by atoms with Crippen LogP contribution in [0, 0.1) is 20.9 Å². The number of nitro groups is 1. The van der Waals surface area contributed by atoms with E-state index in [9.17, 15) is 10.1 Å². The van der Waals surface area contributed by atoms with Crippen molar-refractivity contribution in [3.63, 3.8) is 0 Å². The van der Waals surface area contributed by atoms with Crippen LogP contribution >= 0.6 is 0 Å². The van der Waals surface area contributed by atoms with Crippen LogP contribution in [0.15, 0.2) is 18.5 Å². The van der Waals surface area contributed by atoms with E-state index < -0.39 is 0 Å². The van der Waals surface area contributed by atoms with Gasteiger partial charge in [0.15, 0.2) is 0 Å². The average molecular weight is 277 g/mol. The van der Waals surface area contributed by atoms with E-state index in [1.165, 1.54) is 12.6 Å². The quantitative estimate of drug-likeness (QED) is 0.669. The Kier molecular flexibility index (Phi) is 3.71. The Labute approximate surface area is 119 Å². The molecule has 0 aromatic carbocycles. The maximum absolute atomic E-state index is 11.0. The molecule has 0 amide bonds. The molecule has 1 heterocycles. The van der Waals surface area contributed by atoms with Crippen LogP contribution in [0.1, 0.15) is 47.0 Å². The van der Waals surface area contributed by atoms with E-state index in [0.717, 1.165) is 12.8 Å². The zero-order valence-electron chi connectivity index (χ0n) is 12.6. The van der Waals surface area contributed by atoms with Crippen molar-refractivity contribution in [1.82, 2.24) is 4.98 Å². The van der Waals surface area contributed by atoms with Crippen LogP contribution in [0.4, 0.5) is 11.4 Å². The fourth-order valence-electron chi connectivity index (χ4n) is 3.82. The van der Waals surface area contributed by atoms with E-state index in [1.54, 1.807) is 12.3 Å². The van der Waals surface area contributed by atoms with Gasteiger partial charge in [-0.25, -0.2) is 0 Å². The zero-order valence-corrected chi connectivity index (χ0v) is 12.6. The number of hydrogen-bond donors (Lipinski definition) is 1. The lowest BCUT2D eigenvalue weighted by Gasteiger charge is -2.45. The van der Waals surface area contributed by atoms with Crippen LogP contribution in [-0.4, -0.2) is 15.9 Å². The molecule has 5 heteroatoms. The molecule has 2 rings (SSSR count). The van der Waals surface area contributed by atoms with Gasteiger partial charge in [-0.3, -0.25) is 15.1 Å². The highest BCUT2D eigenvalue weighted by Gasteiger charge is 2.38. The van der Waals surface area contributed by atoms with Gasteiger partial charge in [0.1, 0.15) is 11.9 Å². The fourth-order valence-corrected chi connectivity index (χ4v) is 3.82. The van der Waals surface area contributed by atoms with Gasteiger partial charge in [0.2, 0.25) is 0 Å². The molecular weight excluding hydrogens is 254 g/mol. The zero-order chi connectivity index (χ0) is 15.0. The van der Waals surface area contributed by atoms with Crippen LogP contribution in [-0.2, 0) is 0 Å². The first-order valence-electron chi connectivity index (χ1n) is 7.04. The Hall–Kier alpha value is -1.65. The van der Waals surface area contributed by atoms with Crippen LogP contribution in [0.5, 0.6) is 0 Å². The number of rotatable bonds is 3. The minimum Gasteiger partial charge on any atom is -0.377 e. The minimum absolute atomic E-state index is 0.0497. The standard InChI is InChI=1S/C15H23N3O2/c1-14(2)7-11(8-15(3,4)10-14)17-12-5-6-16-9-13(12)18(19)20/h5-6,9,11H,7-8,10H2,1-4H3,(H,16,17). The summed E-state index contributed by atoms with van der Waals surface area (Å²) in [5.41, 5.74) is 1.12. The molecule has 1 fully saturated rings. The maximum atomic E-state index is 11.0. The molecule has 1 aromatic rings. The van der Waals surface area contributed by atoms with Crippen LogP contribution in [0.2, 0.25) is 0 Å². The first-order valence-corrected chi connectivity index (χ1v) is 7.04. The van der Waals surface area contributed by atoms with E-state index >= 15 is 0 Å². The Morgan fingerprint density at radius 2 is 1.90 bits per heavy atom. The van der Waals surface area contributed by atoms with Crippen LogP contribution in [0.3, 0.4) is 0 Å². The first-order chi connectivity index (χ1) is 9.19. The second-order valence-electron chi connectivity index (χ2n) is 7.40. The molecule has 110 valence electrons. The third kappa shape index (κ3) is 3.46. The van der Waals surface area contributed by atoms with Gasteiger partial charge in [-0.05, 0) is 36.2 Å². The number of hydrogen-bond acceptors (Lipinski definition) is 4. The van der Waals surface area contributed by atoms with E-state index in [4.69, 9.17) is 0 Å². The summed E-state index contributed by atoms with van der Waals surface area (Å²) in [4.78, 5) is 14.5. The van der Waals surface area contributed by atoms with Crippen molar-refractivity contribution in [2.75, 3.05) is 5.32 Å². The molecule has 1 aliphatic carbocycles. The largest absolute Gasteiger partial charge is 0.377 e. The van der Waals surface area contributed by atoms with E-state index in [0.29, 0.717) is 5.69 Å². The summed E-state index contributed by atoms with van der Waals surface area (Å²) in [6.45, 7) is 9.07. The molecule has 1 aromatic heterocycles. The lowest BCUT2D eigenvalue weighted by atomic mass is 9.63. The van der Waals surface area contributed by atoms with Crippen molar-refractivity contribution in [2.24, 2.45) is 10.8 Å². The van der Waals surface area contributed by atoms with Gasteiger partial charge in [0.05, 0.1) is 4.92 Å². The normalized spacial score (nSPS) is 21.4. The molecule has 0 radical (unpaired) electrons. The topological polar surface area (TPSA) is 68.1 Å². The van der Waals surface area contributed by atoms with Crippen LogP contribution < -0.4 is 5.32 Å². The maximum Gasteiger partial charge on any atom is 0.310 e. The minimum atomic E-state index is -0.381. The Morgan fingerprint density at radius 1 is 1.30 bits per heavy atom. The summed E-state index contributed by atoms with van der Waals surface area (Å²) in [6, 6.07) is 1.95. The number of anilines is 1. The van der Waals surface area contributed by atoms with Crippen molar-refractivity contribution < 1.29 is 4.92 Å². The predicted octanol–water partition coefficient (Wildman–Crippen LogP) is 4.01. The van der Waals surface area contributed by atoms with Gasteiger partial charge in [-0.2, -0.15) is 0 Å². The number of nitrogens with one attached hydrogen (secondary N) is 1. The van der Waals surface area contributed by atoms with Crippen molar-refractivity contribution in [3.8, 4) is 0 Å². The second kappa shape index (κ2) is 5.04. The fraction of sp³-hybridized carbons (Fsp3) is 0.667. The van der Waals surface area contributed by atoms with Crippen molar-refractivity contribution in [3.05, 3.63) is 28.6 Å². The Morgan fingerprint density at radius 3 is 2.45 bits per heavy atom. The lowest BCUT2D eigenvalue weighted by Crippen LogP contribution is -2.40. The molecule has 1 aliphatic rings. The highest BCUT2D eigenvalue weighted by atomic mass is 16.6. The number of nitrogens with zero attached hydrogens (tertiary/aromatic N) is 2. The average Bonchev–Trinajstić information content (AvgIpc) is 2.24. The monoisotopic (exact) mass is 277 g/mol. The van der Waals surface area contributed by atoms with Crippen molar-refractivity contribution in [1.29, 1.82) is 0 Å². The van der Waals surface area contributed by atoms with E-state index in [2.05, 4.69) is 38.0 Å². The van der Waals surface area contributed by atoms with Gasteiger partial charge in [0, 0.05) is 12.2 Å². The van der Waals surface area contributed by atoms with E-state index in [-0.39, 0.29) is 27.5 Å². The van der Waals surface area contributed by atoms with Gasteiger partial charge in [-0.15, -0.1) is 0 Å².